The Labute approximate surface area is 222 Å². The van der Waals surface area contributed by atoms with E-state index in [1.807, 2.05) is 26.1 Å². The van der Waals surface area contributed by atoms with Gasteiger partial charge in [-0.1, -0.05) is 6.92 Å². The highest BCUT2D eigenvalue weighted by Gasteiger charge is 2.50. The van der Waals surface area contributed by atoms with Gasteiger partial charge in [-0.15, -0.1) is 0 Å². The molecule has 1 aliphatic heterocycles. The molecule has 5 rings (SSSR count). The first-order chi connectivity index (χ1) is 17.5. The lowest BCUT2D eigenvalue weighted by Gasteiger charge is -2.51. The number of hydrogen-bond acceptors (Lipinski definition) is 7. The molecule has 0 unspecified atom stereocenters. The fourth-order valence-corrected chi connectivity index (χ4v) is 8.64. The molecule has 3 fully saturated rings. The number of hydrogen-bond donors (Lipinski definition) is 2. The average molecular weight is 527 g/mol. The smallest absolute Gasteiger partial charge is 0.227 e. The van der Waals surface area contributed by atoms with Gasteiger partial charge in [0.1, 0.15) is 0 Å². The number of aryl methyl sites for hydroxylation is 2. The van der Waals surface area contributed by atoms with Crippen molar-refractivity contribution >= 4 is 21.5 Å². The molecule has 2 aliphatic carbocycles. The van der Waals surface area contributed by atoms with Crippen molar-refractivity contribution in [3.05, 3.63) is 41.2 Å². The molecule has 37 heavy (non-hydrogen) atoms. The van der Waals surface area contributed by atoms with E-state index in [0.29, 0.717) is 16.8 Å². The zero-order valence-corrected chi connectivity index (χ0v) is 23.6. The van der Waals surface area contributed by atoms with Crippen LogP contribution < -0.4 is 5.32 Å². The highest BCUT2D eigenvalue weighted by Crippen LogP contribution is 2.52. The predicted octanol–water partition coefficient (Wildman–Crippen LogP) is 5.15. The number of likely N-dealkylation sites (tertiary alicyclic amines) is 1. The minimum atomic E-state index is -3.34. The molecular weight excluding hydrogens is 484 g/mol. The summed E-state index contributed by atoms with van der Waals surface area (Å²) in [5, 5.41) is 13.4. The van der Waals surface area contributed by atoms with Gasteiger partial charge < -0.3 is 15.3 Å². The Morgan fingerprint density at radius 1 is 1.14 bits per heavy atom. The molecule has 8 heteroatoms. The normalized spacial score (nSPS) is 26.7. The van der Waals surface area contributed by atoms with Gasteiger partial charge in [0.05, 0.1) is 21.4 Å². The first-order valence-corrected chi connectivity index (χ1v) is 15.4. The standard InChI is InChI=1S/C29H42N4O3S/c1-5-21-19-30-27(32-26(21)22-8-10-28(3,34)11-9-22)31-25-7-6-23(16-20(25)2)37(35,36)24-17-29(18-24)12-14-33(4)15-13-29/h6-7,16,19,22,24,34H,5,8-15,17-18H2,1-4H3,(H,30,31,32). The van der Waals surface area contributed by atoms with Crippen molar-refractivity contribution in [2.75, 3.05) is 25.5 Å². The second-order valence-corrected chi connectivity index (χ2v) is 14.4. The first-order valence-electron chi connectivity index (χ1n) is 13.9. The van der Waals surface area contributed by atoms with E-state index in [1.54, 1.807) is 12.1 Å². The number of anilines is 2. The zero-order chi connectivity index (χ0) is 26.4. The van der Waals surface area contributed by atoms with E-state index in [2.05, 4.69) is 29.2 Å². The molecule has 2 N–H and O–H groups in total. The molecule has 0 radical (unpaired) electrons. The quantitative estimate of drug-likeness (QED) is 0.538. The average Bonchev–Trinajstić information content (AvgIpc) is 2.84. The second kappa shape index (κ2) is 9.93. The summed E-state index contributed by atoms with van der Waals surface area (Å²) in [6, 6.07) is 5.37. The lowest BCUT2D eigenvalue weighted by molar-refractivity contribution is 0.0167. The van der Waals surface area contributed by atoms with Crippen LogP contribution in [0.4, 0.5) is 11.6 Å². The van der Waals surface area contributed by atoms with E-state index >= 15 is 0 Å². The summed E-state index contributed by atoms with van der Waals surface area (Å²) in [5.74, 6) is 0.856. The lowest BCUT2D eigenvalue weighted by atomic mass is 9.63. The summed E-state index contributed by atoms with van der Waals surface area (Å²) in [6.07, 6.45) is 9.96. The first kappa shape index (κ1) is 26.6. The lowest BCUT2D eigenvalue weighted by Crippen LogP contribution is -2.50. The Hall–Kier alpha value is -2.03. The van der Waals surface area contributed by atoms with Crippen LogP contribution in [0.1, 0.15) is 88.0 Å². The van der Waals surface area contributed by atoms with Crippen molar-refractivity contribution < 1.29 is 13.5 Å². The van der Waals surface area contributed by atoms with Crippen molar-refractivity contribution in [2.45, 2.75) is 100 Å². The van der Waals surface area contributed by atoms with E-state index in [1.165, 1.54) is 0 Å². The predicted molar refractivity (Wildman–Crippen MR) is 147 cm³/mol. The molecule has 0 amide bonds. The van der Waals surface area contributed by atoms with Crippen LogP contribution in [-0.4, -0.2) is 59.4 Å². The highest BCUT2D eigenvalue weighted by atomic mass is 32.2. The minimum Gasteiger partial charge on any atom is -0.390 e. The molecule has 2 aromatic rings. The number of aromatic nitrogens is 2. The Bertz CT molecular complexity index is 1230. The van der Waals surface area contributed by atoms with E-state index in [-0.39, 0.29) is 10.7 Å². The summed E-state index contributed by atoms with van der Waals surface area (Å²) >= 11 is 0. The minimum absolute atomic E-state index is 0.231. The number of nitrogens with zero attached hydrogens (tertiary/aromatic N) is 3. The van der Waals surface area contributed by atoms with Crippen molar-refractivity contribution in [3.8, 4) is 0 Å². The number of aliphatic hydroxyl groups is 1. The fraction of sp³-hybridized carbons (Fsp3) is 0.655. The van der Waals surface area contributed by atoms with Crippen LogP contribution in [0.15, 0.2) is 29.3 Å². The number of nitrogens with one attached hydrogen (secondary N) is 1. The van der Waals surface area contributed by atoms with E-state index in [9.17, 15) is 13.5 Å². The van der Waals surface area contributed by atoms with E-state index < -0.39 is 15.4 Å². The van der Waals surface area contributed by atoms with Gasteiger partial charge in [-0.25, -0.2) is 18.4 Å². The molecule has 1 spiro atoms. The molecule has 0 bridgehead atoms. The van der Waals surface area contributed by atoms with Crippen LogP contribution in [0.5, 0.6) is 0 Å². The highest BCUT2D eigenvalue weighted by molar-refractivity contribution is 7.92. The summed E-state index contributed by atoms with van der Waals surface area (Å²) in [5.41, 5.74) is 3.56. The van der Waals surface area contributed by atoms with E-state index in [4.69, 9.17) is 4.98 Å². The van der Waals surface area contributed by atoms with Crippen molar-refractivity contribution in [1.29, 1.82) is 0 Å². The maximum atomic E-state index is 13.4. The Kier molecular flexibility index (Phi) is 7.13. The van der Waals surface area contributed by atoms with E-state index in [0.717, 1.165) is 93.4 Å². The number of piperidine rings is 1. The molecular formula is C29H42N4O3S. The summed E-state index contributed by atoms with van der Waals surface area (Å²) < 4.78 is 26.8. The van der Waals surface area contributed by atoms with Gasteiger partial charge in [0, 0.05) is 17.8 Å². The van der Waals surface area contributed by atoms with Crippen LogP contribution in [0, 0.1) is 12.3 Å². The number of sulfone groups is 1. The molecule has 1 saturated heterocycles. The third-order valence-electron chi connectivity index (χ3n) is 9.31. The summed E-state index contributed by atoms with van der Waals surface area (Å²) in [7, 11) is -1.19. The monoisotopic (exact) mass is 526 g/mol. The van der Waals surface area contributed by atoms with Crippen molar-refractivity contribution in [1.82, 2.24) is 14.9 Å². The Balaban J connectivity index is 1.29. The molecule has 1 aromatic carbocycles. The summed E-state index contributed by atoms with van der Waals surface area (Å²) in [6.45, 7) is 8.11. The molecule has 202 valence electrons. The molecule has 2 saturated carbocycles. The number of benzene rings is 1. The van der Waals surface area contributed by atoms with Gasteiger partial charge in [0.25, 0.3) is 0 Å². The molecule has 0 atom stereocenters. The van der Waals surface area contributed by atoms with Crippen LogP contribution >= 0.6 is 0 Å². The van der Waals surface area contributed by atoms with Crippen molar-refractivity contribution in [3.63, 3.8) is 0 Å². The fourth-order valence-electron chi connectivity index (χ4n) is 6.51. The maximum absolute atomic E-state index is 13.4. The molecule has 1 aromatic heterocycles. The van der Waals surface area contributed by atoms with Gasteiger partial charge >= 0.3 is 0 Å². The van der Waals surface area contributed by atoms with Gasteiger partial charge in [-0.05, 0) is 127 Å². The number of rotatable bonds is 6. The largest absolute Gasteiger partial charge is 0.390 e. The van der Waals surface area contributed by atoms with Gasteiger partial charge in [0.2, 0.25) is 5.95 Å². The Morgan fingerprint density at radius 3 is 2.43 bits per heavy atom. The van der Waals surface area contributed by atoms with Gasteiger partial charge in [-0.2, -0.15) is 0 Å². The van der Waals surface area contributed by atoms with Crippen LogP contribution in [0.2, 0.25) is 0 Å². The maximum Gasteiger partial charge on any atom is 0.227 e. The SMILES string of the molecule is CCc1cnc(Nc2ccc(S(=O)(=O)C3CC4(CCN(C)CC4)C3)cc2C)nc1C1CCC(C)(O)CC1. The Morgan fingerprint density at radius 2 is 1.81 bits per heavy atom. The summed E-state index contributed by atoms with van der Waals surface area (Å²) in [4.78, 5) is 12.2. The second-order valence-electron chi connectivity index (χ2n) is 12.2. The van der Waals surface area contributed by atoms with Crippen LogP contribution in [-0.2, 0) is 16.3 Å². The zero-order valence-electron chi connectivity index (χ0n) is 22.8. The topological polar surface area (TPSA) is 95.4 Å². The molecule has 2 heterocycles. The molecule has 7 nitrogen and oxygen atoms in total. The van der Waals surface area contributed by atoms with Crippen LogP contribution in [0.25, 0.3) is 0 Å². The molecule has 3 aliphatic rings. The van der Waals surface area contributed by atoms with Crippen LogP contribution in [0.3, 0.4) is 0 Å². The van der Waals surface area contributed by atoms with Gasteiger partial charge in [-0.3, -0.25) is 0 Å². The van der Waals surface area contributed by atoms with Crippen molar-refractivity contribution in [2.24, 2.45) is 5.41 Å². The van der Waals surface area contributed by atoms with Gasteiger partial charge in [0.15, 0.2) is 9.84 Å². The third kappa shape index (κ3) is 5.43. The third-order valence-corrected chi connectivity index (χ3v) is 11.4.